The summed E-state index contributed by atoms with van der Waals surface area (Å²) in [7, 11) is 0. The number of nitrogens with two attached hydrogens (primary N) is 1. The molecule has 2 N–H and O–H groups in total. The van der Waals surface area contributed by atoms with E-state index in [2.05, 4.69) is 0 Å². The molecule has 1 rings (SSSR count). The monoisotopic (exact) mass is 221 g/mol. The van der Waals surface area contributed by atoms with Gasteiger partial charge in [-0.3, -0.25) is 4.79 Å². The summed E-state index contributed by atoms with van der Waals surface area (Å²) in [5, 5.41) is 0. The van der Waals surface area contributed by atoms with Crippen LogP contribution in [0.25, 0.3) is 0 Å². The minimum absolute atomic E-state index is 0.122. The lowest BCUT2D eigenvalue weighted by Crippen LogP contribution is -2.16. The van der Waals surface area contributed by atoms with Gasteiger partial charge in [0, 0.05) is 5.56 Å². The number of amides is 1. The van der Waals surface area contributed by atoms with Crippen LogP contribution >= 0.6 is 0 Å². The molecule has 0 bridgehead atoms. The summed E-state index contributed by atoms with van der Waals surface area (Å²) >= 11 is 0. The Morgan fingerprint density at radius 3 is 2.25 bits per heavy atom. The van der Waals surface area contributed by atoms with E-state index in [-0.39, 0.29) is 12.0 Å². The molecule has 0 aliphatic carbocycles. The Bertz CT molecular complexity index is 422. The van der Waals surface area contributed by atoms with Crippen LogP contribution in [-0.4, -0.2) is 12.0 Å². The molecule has 0 aromatic heterocycles. The van der Waals surface area contributed by atoms with E-state index in [1.807, 2.05) is 40.7 Å². The lowest BCUT2D eigenvalue weighted by molar-refractivity contribution is 0.0999. The summed E-state index contributed by atoms with van der Waals surface area (Å²) in [5.74, 6) is 0.448. The van der Waals surface area contributed by atoms with Crippen molar-refractivity contribution in [3.63, 3.8) is 0 Å². The third kappa shape index (κ3) is 2.35. The highest BCUT2D eigenvalue weighted by molar-refractivity contribution is 5.96. The van der Waals surface area contributed by atoms with Crippen LogP contribution in [-0.2, 0) is 0 Å². The first-order valence-corrected chi connectivity index (χ1v) is 5.41. The fraction of sp³-hybridized carbons (Fsp3) is 0.462. The highest BCUT2D eigenvalue weighted by Gasteiger charge is 2.15. The molecule has 1 aromatic carbocycles. The van der Waals surface area contributed by atoms with Crippen molar-refractivity contribution >= 4 is 5.91 Å². The first-order chi connectivity index (χ1) is 7.34. The Morgan fingerprint density at radius 2 is 1.81 bits per heavy atom. The van der Waals surface area contributed by atoms with Gasteiger partial charge in [-0.2, -0.15) is 0 Å². The fourth-order valence-corrected chi connectivity index (χ4v) is 1.80. The van der Waals surface area contributed by atoms with Gasteiger partial charge < -0.3 is 10.5 Å². The molecule has 0 aliphatic rings. The number of carbonyl (C=O) groups excluding carboxylic acids is 1. The molecule has 88 valence electrons. The maximum absolute atomic E-state index is 11.3. The first kappa shape index (κ1) is 12.6. The molecule has 0 saturated heterocycles. The summed E-state index contributed by atoms with van der Waals surface area (Å²) in [6, 6.07) is 1.88. The molecule has 3 nitrogen and oxygen atoms in total. The summed E-state index contributed by atoms with van der Waals surface area (Å²) in [6.07, 6.45) is 0.122. The Morgan fingerprint density at radius 1 is 1.25 bits per heavy atom. The lowest BCUT2D eigenvalue weighted by atomic mass is 9.97. The minimum Gasteiger partial charge on any atom is -0.491 e. The predicted molar refractivity (Wildman–Crippen MR) is 64.9 cm³/mol. The topological polar surface area (TPSA) is 52.3 Å². The molecule has 0 aliphatic heterocycles. The average Bonchev–Trinajstić information content (AvgIpc) is 2.12. The Kier molecular flexibility index (Phi) is 3.58. The van der Waals surface area contributed by atoms with Gasteiger partial charge in [0.1, 0.15) is 5.75 Å². The number of benzene rings is 1. The molecular formula is C13H19NO2. The zero-order valence-corrected chi connectivity index (χ0v) is 10.5. The molecule has 0 atom stereocenters. The SMILES string of the molecule is Cc1cc(OC(C)C)c(C)c(C)c1C(N)=O. The van der Waals surface area contributed by atoms with Crippen molar-refractivity contribution in [3.05, 3.63) is 28.3 Å². The van der Waals surface area contributed by atoms with Crippen LogP contribution in [0.1, 0.15) is 40.9 Å². The zero-order chi connectivity index (χ0) is 12.5. The molecule has 16 heavy (non-hydrogen) atoms. The van der Waals surface area contributed by atoms with Crippen LogP contribution in [0.3, 0.4) is 0 Å². The van der Waals surface area contributed by atoms with Crippen LogP contribution < -0.4 is 10.5 Å². The molecule has 0 unspecified atom stereocenters. The van der Waals surface area contributed by atoms with E-state index in [9.17, 15) is 4.79 Å². The first-order valence-electron chi connectivity index (χ1n) is 5.41. The molecule has 1 aromatic rings. The maximum Gasteiger partial charge on any atom is 0.249 e. The lowest BCUT2D eigenvalue weighted by Gasteiger charge is -2.17. The Labute approximate surface area is 96.6 Å². The Hall–Kier alpha value is -1.51. The highest BCUT2D eigenvalue weighted by Crippen LogP contribution is 2.28. The van der Waals surface area contributed by atoms with E-state index < -0.39 is 0 Å². The summed E-state index contributed by atoms with van der Waals surface area (Å²) < 4.78 is 5.69. The second kappa shape index (κ2) is 4.56. The standard InChI is InChI=1S/C13H19NO2/c1-7(2)16-11-6-8(3)12(13(14)15)10(5)9(11)4/h6-7H,1-5H3,(H2,14,15). The fourth-order valence-electron chi connectivity index (χ4n) is 1.80. The molecular weight excluding hydrogens is 202 g/mol. The maximum atomic E-state index is 11.3. The summed E-state index contributed by atoms with van der Waals surface area (Å²) in [5.41, 5.74) is 8.71. The molecule has 1 amide bonds. The van der Waals surface area contributed by atoms with Crippen molar-refractivity contribution in [3.8, 4) is 5.75 Å². The average molecular weight is 221 g/mol. The van der Waals surface area contributed by atoms with Crippen molar-refractivity contribution in [2.24, 2.45) is 5.73 Å². The quantitative estimate of drug-likeness (QED) is 0.852. The van der Waals surface area contributed by atoms with Gasteiger partial charge in [0.05, 0.1) is 6.10 Å². The minimum atomic E-state index is -0.380. The number of carbonyl (C=O) groups is 1. The van der Waals surface area contributed by atoms with Gasteiger partial charge in [0.2, 0.25) is 5.91 Å². The second-order valence-electron chi connectivity index (χ2n) is 4.35. The third-order valence-corrected chi connectivity index (χ3v) is 2.66. The second-order valence-corrected chi connectivity index (χ2v) is 4.35. The van der Waals surface area contributed by atoms with Gasteiger partial charge in [0.25, 0.3) is 0 Å². The number of hydrogen-bond acceptors (Lipinski definition) is 2. The van der Waals surface area contributed by atoms with Gasteiger partial charge in [-0.15, -0.1) is 0 Å². The van der Waals surface area contributed by atoms with Crippen LogP contribution in [0.2, 0.25) is 0 Å². The molecule has 3 heteroatoms. The van der Waals surface area contributed by atoms with Crippen molar-refractivity contribution < 1.29 is 9.53 Å². The third-order valence-electron chi connectivity index (χ3n) is 2.66. The molecule has 0 fully saturated rings. The molecule has 0 spiro atoms. The van der Waals surface area contributed by atoms with Gasteiger partial charge in [-0.1, -0.05) is 0 Å². The normalized spacial score (nSPS) is 10.6. The molecule has 0 saturated carbocycles. The largest absolute Gasteiger partial charge is 0.491 e. The van der Waals surface area contributed by atoms with Crippen LogP contribution in [0, 0.1) is 20.8 Å². The number of primary amides is 1. The Balaban J connectivity index is 3.33. The molecule has 0 radical (unpaired) electrons. The van der Waals surface area contributed by atoms with E-state index in [1.165, 1.54) is 0 Å². The highest BCUT2D eigenvalue weighted by atomic mass is 16.5. The van der Waals surface area contributed by atoms with E-state index in [0.29, 0.717) is 5.56 Å². The van der Waals surface area contributed by atoms with Crippen LogP contribution in [0.15, 0.2) is 6.07 Å². The van der Waals surface area contributed by atoms with Gasteiger partial charge >= 0.3 is 0 Å². The van der Waals surface area contributed by atoms with Crippen molar-refractivity contribution in [2.75, 3.05) is 0 Å². The molecule has 0 heterocycles. The zero-order valence-electron chi connectivity index (χ0n) is 10.5. The van der Waals surface area contributed by atoms with Crippen molar-refractivity contribution in [1.82, 2.24) is 0 Å². The number of hydrogen-bond donors (Lipinski definition) is 1. The van der Waals surface area contributed by atoms with Gasteiger partial charge in [-0.25, -0.2) is 0 Å². The summed E-state index contributed by atoms with van der Waals surface area (Å²) in [6.45, 7) is 9.67. The smallest absolute Gasteiger partial charge is 0.249 e. The van der Waals surface area contributed by atoms with E-state index in [1.54, 1.807) is 0 Å². The predicted octanol–water partition coefficient (Wildman–Crippen LogP) is 2.50. The van der Waals surface area contributed by atoms with E-state index in [4.69, 9.17) is 10.5 Å². The summed E-state index contributed by atoms with van der Waals surface area (Å²) in [4.78, 5) is 11.3. The van der Waals surface area contributed by atoms with E-state index in [0.717, 1.165) is 22.4 Å². The van der Waals surface area contributed by atoms with Crippen LogP contribution in [0.4, 0.5) is 0 Å². The number of ether oxygens (including phenoxy) is 1. The van der Waals surface area contributed by atoms with Crippen LogP contribution in [0.5, 0.6) is 5.75 Å². The van der Waals surface area contributed by atoms with E-state index >= 15 is 0 Å². The number of rotatable bonds is 3. The number of aryl methyl sites for hydroxylation is 1. The van der Waals surface area contributed by atoms with Gasteiger partial charge in [-0.05, 0) is 57.4 Å². The van der Waals surface area contributed by atoms with Crippen molar-refractivity contribution in [2.45, 2.75) is 40.7 Å². The van der Waals surface area contributed by atoms with Gasteiger partial charge in [0.15, 0.2) is 0 Å². The van der Waals surface area contributed by atoms with Crippen molar-refractivity contribution in [1.29, 1.82) is 0 Å².